The first kappa shape index (κ1) is 17.4. The largest absolute Gasteiger partial charge is 0.352 e. The van der Waals surface area contributed by atoms with Gasteiger partial charge in [0.15, 0.2) is 0 Å². The molecule has 0 saturated carbocycles. The van der Waals surface area contributed by atoms with Crippen molar-refractivity contribution in [3.05, 3.63) is 64.4 Å². The molecule has 0 atom stereocenters. The van der Waals surface area contributed by atoms with Crippen LogP contribution in [0.15, 0.2) is 47.4 Å². The highest BCUT2D eigenvalue weighted by Gasteiger charge is 2.16. The van der Waals surface area contributed by atoms with E-state index >= 15 is 0 Å². The molecule has 2 aromatic carbocycles. The van der Waals surface area contributed by atoms with Gasteiger partial charge >= 0.3 is 0 Å². The van der Waals surface area contributed by atoms with Gasteiger partial charge in [0.05, 0.1) is 5.02 Å². The number of hydrogen-bond donors (Lipinski definition) is 2. The van der Waals surface area contributed by atoms with Crippen LogP contribution in [0.3, 0.4) is 0 Å². The molecule has 2 rings (SSSR count). The lowest BCUT2D eigenvalue weighted by Crippen LogP contribution is -2.26. The zero-order valence-corrected chi connectivity index (χ0v) is 13.5. The molecule has 0 fully saturated rings. The van der Waals surface area contributed by atoms with Gasteiger partial charge in [0, 0.05) is 12.1 Å². The fourth-order valence-electron chi connectivity index (χ4n) is 1.98. The van der Waals surface area contributed by atoms with Crippen LogP contribution in [0, 0.1) is 5.82 Å². The number of carbonyl (C=O) groups is 1. The molecule has 0 aliphatic rings. The van der Waals surface area contributed by atoms with E-state index in [0.29, 0.717) is 6.42 Å². The number of sulfonamides is 1. The molecule has 2 aromatic rings. The van der Waals surface area contributed by atoms with Crippen LogP contribution in [-0.2, 0) is 16.4 Å². The summed E-state index contributed by atoms with van der Waals surface area (Å²) in [7, 11) is -4.01. The molecule has 0 unspecified atom stereocenters. The minimum Gasteiger partial charge on any atom is -0.352 e. The molecule has 0 heterocycles. The van der Waals surface area contributed by atoms with Crippen molar-refractivity contribution in [1.29, 1.82) is 0 Å². The van der Waals surface area contributed by atoms with Gasteiger partial charge < -0.3 is 5.32 Å². The maximum atomic E-state index is 13.0. The molecule has 122 valence electrons. The smallest absolute Gasteiger partial charge is 0.251 e. The first-order chi connectivity index (χ1) is 10.8. The topological polar surface area (TPSA) is 89.3 Å². The molecule has 5 nitrogen and oxygen atoms in total. The average molecular weight is 357 g/mol. The van der Waals surface area contributed by atoms with Gasteiger partial charge in [0.25, 0.3) is 5.91 Å². The summed E-state index contributed by atoms with van der Waals surface area (Å²) in [5.41, 5.74) is 0.865. The Bertz CT molecular complexity index is 840. The predicted octanol–water partition coefficient (Wildman–Crippen LogP) is 2.10. The molecule has 0 spiro atoms. The number of carbonyl (C=O) groups excluding carboxylic acids is 1. The van der Waals surface area contributed by atoms with E-state index in [4.69, 9.17) is 16.7 Å². The van der Waals surface area contributed by atoms with Gasteiger partial charge in [-0.1, -0.05) is 23.7 Å². The van der Waals surface area contributed by atoms with Gasteiger partial charge in [-0.15, -0.1) is 0 Å². The third-order valence-electron chi connectivity index (χ3n) is 3.09. The monoisotopic (exact) mass is 356 g/mol. The van der Waals surface area contributed by atoms with E-state index in [2.05, 4.69) is 5.32 Å². The van der Waals surface area contributed by atoms with E-state index in [1.807, 2.05) is 0 Å². The summed E-state index contributed by atoms with van der Waals surface area (Å²) in [6.45, 7) is 0.273. The molecular formula is C15H14ClFN2O3S. The van der Waals surface area contributed by atoms with Gasteiger partial charge in [-0.3, -0.25) is 4.79 Å². The first-order valence-electron chi connectivity index (χ1n) is 6.62. The maximum Gasteiger partial charge on any atom is 0.251 e. The summed E-state index contributed by atoms with van der Waals surface area (Å²) < 4.78 is 35.8. The minimum atomic E-state index is -4.01. The number of rotatable bonds is 5. The van der Waals surface area contributed by atoms with Crippen molar-refractivity contribution in [2.24, 2.45) is 5.14 Å². The summed E-state index contributed by atoms with van der Waals surface area (Å²) in [6, 6.07) is 9.87. The number of nitrogens with one attached hydrogen (secondary N) is 1. The highest BCUT2D eigenvalue weighted by atomic mass is 35.5. The van der Waals surface area contributed by atoms with Gasteiger partial charge in [0.2, 0.25) is 10.0 Å². The second-order valence-electron chi connectivity index (χ2n) is 4.83. The molecule has 23 heavy (non-hydrogen) atoms. The lowest BCUT2D eigenvalue weighted by Gasteiger charge is -2.08. The summed E-state index contributed by atoms with van der Waals surface area (Å²) in [5.74, 6) is -0.813. The van der Waals surface area contributed by atoms with E-state index in [1.165, 1.54) is 24.3 Å². The fraction of sp³-hybridized carbons (Fsp3) is 0.133. The number of nitrogens with two attached hydrogens (primary N) is 1. The van der Waals surface area contributed by atoms with Crippen LogP contribution in [0.2, 0.25) is 5.02 Å². The summed E-state index contributed by atoms with van der Waals surface area (Å²) in [4.78, 5) is 11.7. The molecule has 3 N–H and O–H groups in total. The highest BCUT2D eigenvalue weighted by Crippen LogP contribution is 2.21. The molecule has 0 bridgehead atoms. The third kappa shape index (κ3) is 4.75. The quantitative estimate of drug-likeness (QED) is 0.859. The van der Waals surface area contributed by atoms with E-state index in [1.54, 1.807) is 12.1 Å². The lowest BCUT2D eigenvalue weighted by molar-refractivity contribution is 0.0954. The minimum absolute atomic E-state index is 0.0520. The second kappa shape index (κ2) is 7.08. The molecule has 0 radical (unpaired) electrons. The number of halogens is 2. The van der Waals surface area contributed by atoms with E-state index in [0.717, 1.165) is 11.6 Å². The lowest BCUT2D eigenvalue weighted by atomic mass is 10.1. The Morgan fingerprint density at radius 1 is 1.22 bits per heavy atom. The van der Waals surface area contributed by atoms with Crippen LogP contribution in [0.25, 0.3) is 0 Å². The molecule has 0 aliphatic carbocycles. The Labute approximate surface area is 138 Å². The van der Waals surface area contributed by atoms with Crippen LogP contribution in [0.1, 0.15) is 15.9 Å². The molecular weight excluding hydrogens is 343 g/mol. The number of hydrogen-bond acceptors (Lipinski definition) is 3. The van der Waals surface area contributed by atoms with Gasteiger partial charge in [-0.2, -0.15) is 0 Å². The van der Waals surface area contributed by atoms with Gasteiger partial charge in [0.1, 0.15) is 10.7 Å². The maximum absolute atomic E-state index is 13.0. The first-order valence-corrected chi connectivity index (χ1v) is 8.55. The summed E-state index contributed by atoms with van der Waals surface area (Å²) >= 11 is 5.76. The van der Waals surface area contributed by atoms with Crippen LogP contribution in [-0.4, -0.2) is 20.9 Å². The number of primary sulfonamides is 1. The van der Waals surface area contributed by atoms with E-state index in [9.17, 15) is 17.6 Å². The zero-order valence-electron chi connectivity index (χ0n) is 11.9. The standard InChI is InChI=1S/C15H14ClFN2O3S/c16-13-5-4-11(9-14(13)23(18,21)22)15(20)19-7-6-10-2-1-3-12(17)8-10/h1-5,8-9H,6-7H2,(H,19,20)(H2,18,21,22). The van der Waals surface area contributed by atoms with Crippen LogP contribution in [0.5, 0.6) is 0 Å². The third-order valence-corrected chi connectivity index (χ3v) is 4.48. The molecule has 8 heteroatoms. The highest BCUT2D eigenvalue weighted by molar-refractivity contribution is 7.89. The van der Waals surface area contributed by atoms with Crippen molar-refractivity contribution in [3.8, 4) is 0 Å². The SMILES string of the molecule is NS(=O)(=O)c1cc(C(=O)NCCc2cccc(F)c2)ccc1Cl. The van der Waals surface area contributed by atoms with Crippen LogP contribution < -0.4 is 10.5 Å². The van der Waals surface area contributed by atoms with E-state index in [-0.39, 0.29) is 27.8 Å². The second-order valence-corrected chi connectivity index (χ2v) is 6.76. The number of amides is 1. The Morgan fingerprint density at radius 2 is 1.96 bits per heavy atom. The van der Waals surface area contributed by atoms with Gasteiger partial charge in [-0.25, -0.2) is 17.9 Å². The molecule has 0 saturated heterocycles. The molecule has 0 aromatic heterocycles. The van der Waals surface area contributed by atoms with Crippen molar-refractivity contribution in [2.45, 2.75) is 11.3 Å². The summed E-state index contributed by atoms with van der Waals surface area (Å²) in [6.07, 6.45) is 0.444. The van der Waals surface area contributed by atoms with Crippen molar-refractivity contribution in [3.63, 3.8) is 0 Å². The van der Waals surface area contributed by atoms with Crippen LogP contribution >= 0.6 is 11.6 Å². The fourth-order valence-corrected chi connectivity index (χ4v) is 3.05. The zero-order chi connectivity index (χ0) is 17.0. The molecule has 0 aliphatic heterocycles. The van der Waals surface area contributed by atoms with Crippen molar-refractivity contribution < 1.29 is 17.6 Å². The van der Waals surface area contributed by atoms with Crippen molar-refractivity contribution in [1.82, 2.24) is 5.32 Å². The van der Waals surface area contributed by atoms with Gasteiger partial charge in [-0.05, 0) is 42.3 Å². The van der Waals surface area contributed by atoms with Crippen LogP contribution in [0.4, 0.5) is 4.39 Å². The predicted molar refractivity (Wildman–Crippen MR) is 85.3 cm³/mol. The Balaban J connectivity index is 2.04. The van der Waals surface area contributed by atoms with E-state index < -0.39 is 15.9 Å². The molecule has 1 amide bonds. The Morgan fingerprint density at radius 3 is 2.61 bits per heavy atom. The average Bonchev–Trinajstić information content (AvgIpc) is 2.46. The Hall–Kier alpha value is -1.96. The Kier molecular flexibility index (Phi) is 5.35. The summed E-state index contributed by atoms with van der Waals surface area (Å²) in [5, 5.41) is 7.61. The van der Waals surface area contributed by atoms with Crippen molar-refractivity contribution in [2.75, 3.05) is 6.54 Å². The number of benzene rings is 2. The normalized spacial score (nSPS) is 11.3. The van der Waals surface area contributed by atoms with Crippen molar-refractivity contribution >= 4 is 27.5 Å².